The van der Waals surface area contributed by atoms with Crippen molar-refractivity contribution >= 4 is 50.4 Å². The lowest BCUT2D eigenvalue weighted by atomic mass is 10.0. The number of thiazole rings is 1. The van der Waals surface area contributed by atoms with Crippen molar-refractivity contribution in [1.82, 2.24) is 9.88 Å². The summed E-state index contributed by atoms with van der Waals surface area (Å²) in [4.78, 5) is 19.3. The summed E-state index contributed by atoms with van der Waals surface area (Å²) >= 11 is 7.07. The highest BCUT2D eigenvalue weighted by Crippen LogP contribution is 2.32. The molecule has 38 heavy (non-hydrogen) atoms. The molecule has 8 nitrogen and oxygen atoms in total. The van der Waals surface area contributed by atoms with Gasteiger partial charge in [-0.15, -0.1) is 11.3 Å². The molecular formula is C22H18ClF5N4O4S2. The van der Waals surface area contributed by atoms with Crippen molar-refractivity contribution < 1.29 is 40.0 Å². The maximum atomic E-state index is 15.0. The Morgan fingerprint density at radius 3 is 2.45 bits per heavy atom. The standard InChI is InChI=1S/C22H18ClF5N4O4S2/c23-16-4-1-3-13(10-31-5-2-6-31)15(16)9-29-14-7-17(24)20(18(25)8-14)38(34,35)32(19-11-37-12-30-19)36-21(33)22(26,27)28/h1,3-4,7-8,11-12,29H,2,5-6,9-10H2. The van der Waals surface area contributed by atoms with Crippen molar-refractivity contribution in [2.24, 2.45) is 0 Å². The van der Waals surface area contributed by atoms with Crippen LogP contribution in [0.3, 0.4) is 0 Å². The minimum atomic E-state index is -5.60. The molecule has 1 fully saturated rings. The quantitative estimate of drug-likeness (QED) is 0.271. The highest BCUT2D eigenvalue weighted by Gasteiger charge is 2.46. The van der Waals surface area contributed by atoms with Crippen molar-refractivity contribution in [3.8, 4) is 0 Å². The maximum Gasteiger partial charge on any atom is 0.493 e. The average Bonchev–Trinajstić information content (AvgIpc) is 3.32. The molecule has 1 aliphatic heterocycles. The summed E-state index contributed by atoms with van der Waals surface area (Å²) in [6, 6.07) is 6.59. The van der Waals surface area contributed by atoms with Gasteiger partial charge in [0.25, 0.3) is 0 Å². The van der Waals surface area contributed by atoms with Gasteiger partial charge in [-0.1, -0.05) is 28.2 Å². The molecule has 2 heterocycles. The van der Waals surface area contributed by atoms with Crippen LogP contribution in [0.4, 0.5) is 33.5 Å². The van der Waals surface area contributed by atoms with Crippen LogP contribution in [0.25, 0.3) is 0 Å². The molecule has 0 aliphatic carbocycles. The van der Waals surface area contributed by atoms with Gasteiger partial charge in [0.05, 0.1) is 5.51 Å². The van der Waals surface area contributed by atoms with E-state index in [0.29, 0.717) is 29.3 Å². The van der Waals surface area contributed by atoms with Gasteiger partial charge in [0.2, 0.25) is 0 Å². The van der Waals surface area contributed by atoms with Crippen LogP contribution in [-0.4, -0.2) is 43.5 Å². The molecule has 0 unspecified atom stereocenters. The van der Waals surface area contributed by atoms with E-state index in [4.69, 9.17) is 11.6 Å². The minimum absolute atomic E-state index is 0.0436. The van der Waals surface area contributed by atoms with Crippen LogP contribution in [0.15, 0.2) is 46.1 Å². The molecule has 204 valence electrons. The van der Waals surface area contributed by atoms with Crippen LogP contribution >= 0.6 is 22.9 Å². The molecule has 0 bridgehead atoms. The SMILES string of the molecule is O=C(ON(c1cscn1)S(=O)(=O)c1c(F)cc(NCc2c(Cl)cccc2CN2CCC2)cc1F)C(F)(F)F. The highest BCUT2D eigenvalue weighted by molar-refractivity contribution is 7.92. The number of carbonyl (C=O) groups is 1. The maximum absolute atomic E-state index is 15.0. The van der Waals surface area contributed by atoms with E-state index in [0.717, 1.165) is 47.3 Å². The number of aromatic nitrogens is 1. The van der Waals surface area contributed by atoms with E-state index in [1.54, 1.807) is 12.1 Å². The Balaban J connectivity index is 1.61. The molecule has 1 aliphatic rings. The van der Waals surface area contributed by atoms with Gasteiger partial charge in [-0.05, 0) is 48.8 Å². The van der Waals surface area contributed by atoms with Gasteiger partial charge >= 0.3 is 22.2 Å². The molecule has 0 amide bonds. The third-order valence-corrected chi connectivity index (χ3v) is 8.04. The lowest BCUT2D eigenvalue weighted by molar-refractivity contribution is -0.199. The van der Waals surface area contributed by atoms with Crippen molar-refractivity contribution in [2.75, 3.05) is 22.9 Å². The number of benzene rings is 2. The fraction of sp³-hybridized carbons (Fsp3) is 0.273. The first-order valence-corrected chi connectivity index (χ1v) is 13.6. The second-order valence-electron chi connectivity index (χ2n) is 8.09. The number of sulfonamides is 1. The molecule has 0 atom stereocenters. The lowest BCUT2D eigenvalue weighted by Crippen LogP contribution is -2.39. The molecule has 2 aromatic carbocycles. The summed E-state index contributed by atoms with van der Waals surface area (Å²) in [5.41, 5.74) is 2.42. The Kier molecular flexibility index (Phi) is 8.11. The number of carbonyl (C=O) groups excluding carboxylic acids is 1. The summed E-state index contributed by atoms with van der Waals surface area (Å²) in [5.74, 6) is -7.02. The van der Waals surface area contributed by atoms with Gasteiger partial charge in [-0.25, -0.2) is 18.6 Å². The second-order valence-corrected chi connectivity index (χ2v) is 10.9. The smallest absolute Gasteiger partial charge is 0.381 e. The number of anilines is 2. The number of halogens is 6. The van der Waals surface area contributed by atoms with E-state index in [1.807, 2.05) is 6.07 Å². The largest absolute Gasteiger partial charge is 0.493 e. The summed E-state index contributed by atoms with van der Waals surface area (Å²) in [6.07, 6.45) is -4.51. The number of nitrogens with one attached hydrogen (secondary N) is 1. The molecule has 0 spiro atoms. The normalized spacial score (nSPS) is 14.2. The first-order valence-electron chi connectivity index (χ1n) is 10.8. The highest BCUT2D eigenvalue weighted by atomic mass is 35.5. The monoisotopic (exact) mass is 596 g/mol. The summed E-state index contributed by atoms with van der Waals surface area (Å²) < 4.78 is 93.6. The Labute approximate surface area is 222 Å². The van der Waals surface area contributed by atoms with Crippen molar-refractivity contribution in [3.05, 3.63) is 69.0 Å². The first kappa shape index (κ1) is 28.0. The van der Waals surface area contributed by atoms with Crippen LogP contribution in [0, 0.1) is 11.6 Å². The predicted molar refractivity (Wildman–Crippen MR) is 129 cm³/mol. The van der Waals surface area contributed by atoms with Crippen molar-refractivity contribution in [2.45, 2.75) is 30.6 Å². The molecule has 3 aromatic rings. The number of nitrogens with zero attached hydrogens (tertiary/aromatic N) is 3. The van der Waals surface area contributed by atoms with Crippen LogP contribution in [0.1, 0.15) is 17.5 Å². The third kappa shape index (κ3) is 6.00. The Morgan fingerprint density at radius 1 is 1.21 bits per heavy atom. The van der Waals surface area contributed by atoms with Crippen LogP contribution in [-0.2, 0) is 32.7 Å². The second kappa shape index (κ2) is 11.0. The molecule has 16 heteroatoms. The van der Waals surface area contributed by atoms with E-state index in [-0.39, 0.29) is 12.2 Å². The number of likely N-dealkylation sites (tertiary alicyclic amines) is 1. The molecule has 1 aromatic heterocycles. The number of alkyl halides is 3. The number of hydrogen-bond acceptors (Lipinski definition) is 8. The van der Waals surface area contributed by atoms with E-state index < -0.39 is 49.0 Å². The Hall–Kier alpha value is -3.01. The topological polar surface area (TPSA) is 91.8 Å². The molecule has 0 radical (unpaired) electrons. The third-order valence-electron chi connectivity index (χ3n) is 5.51. The van der Waals surface area contributed by atoms with Gasteiger partial charge in [-0.3, -0.25) is 4.90 Å². The average molecular weight is 597 g/mol. The molecule has 0 saturated carbocycles. The number of rotatable bonds is 9. The Bertz CT molecular complexity index is 1410. The molecule has 1 N–H and O–H groups in total. The zero-order valence-electron chi connectivity index (χ0n) is 19.1. The van der Waals surface area contributed by atoms with E-state index in [2.05, 4.69) is 20.0 Å². The number of hydrogen-bond donors (Lipinski definition) is 1. The first-order chi connectivity index (χ1) is 17.9. The van der Waals surface area contributed by atoms with Crippen LogP contribution < -0.4 is 9.79 Å². The lowest BCUT2D eigenvalue weighted by Gasteiger charge is -2.31. The van der Waals surface area contributed by atoms with Crippen LogP contribution in [0.2, 0.25) is 5.02 Å². The fourth-order valence-corrected chi connectivity index (χ4v) is 5.68. The predicted octanol–water partition coefficient (Wildman–Crippen LogP) is 5.11. The van der Waals surface area contributed by atoms with Crippen LogP contribution in [0.5, 0.6) is 0 Å². The Morgan fingerprint density at radius 2 is 1.89 bits per heavy atom. The molecular weight excluding hydrogens is 579 g/mol. The van der Waals surface area contributed by atoms with Gasteiger partial charge in [0.15, 0.2) is 10.7 Å². The van der Waals surface area contributed by atoms with E-state index in [1.165, 1.54) is 0 Å². The fourth-order valence-electron chi connectivity index (χ4n) is 3.55. The van der Waals surface area contributed by atoms with Gasteiger partial charge in [0, 0.05) is 29.2 Å². The zero-order valence-corrected chi connectivity index (χ0v) is 21.5. The molecule has 1 saturated heterocycles. The van der Waals surface area contributed by atoms with E-state index in [9.17, 15) is 35.2 Å². The molecule has 4 rings (SSSR count). The van der Waals surface area contributed by atoms with Gasteiger partial charge < -0.3 is 10.2 Å². The summed E-state index contributed by atoms with van der Waals surface area (Å²) in [6.45, 7) is 2.53. The van der Waals surface area contributed by atoms with E-state index >= 15 is 0 Å². The van der Waals surface area contributed by atoms with Gasteiger partial charge in [0.1, 0.15) is 11.6 Å². The summed E-state index contributed by atoms with van der Waals surface area (Å²) in [5, 5.41) is 4.11. The minimum Gasteiger partial charge on any atom is -0.381 e. The summed E-state index contributed by atoms with van der Waals surface area (Å²) in [7, 11) is -5.52. The van der Waals surface area contributed by atoms with Crippen molar-refractivity contribution in [1.29, 1.82) is 0 Å². The van der Waals surface area contributed by atoms with Crippen molar-refractivity contribution in [3.63, 3.8) is 0 Å². The zero-order chi connectivity index (χ0) is 27.7. The van der Waals surface area contributed by atoms with Gasteiger partial charge in [-0.2, -0.15) is 21.6 Å².